The van der Waals surface area contributed by atoms with Crippen molar-refractivity contribution in [3.05, 3.63) is 17.7 Å². The summed E-state index contributed by atoms with van der Waals surface area (Å²) in [6.07, 6.45) is 10.0. The van der Waals surface area contributed by atoms with Crippen LogP contribution in [-0.2, 0) is 10.2 Å². The summed E-state index contributed by atoms with van der Waals surface area (Å²) in [5.74, 6) is 1.94. The number of nitrogens with one attached hydrogen (secondary N) is 1. The van der Waals surface area contributed by atoms with Crippen LogP contribution in [0, 0.1) is 17.8 Å². The molecule has 0 saturated heterocycles. The van der Waals surface area contributed by atoms with E-state index in [0.717, 1.165) is 17.8 Å². The molecule has 4 nitrogen and oxygen atoms in total. The number of aromatic nitrogens is 2. The second-order valence-electron chi connectivity index (χ2n) is 7.44. The number of nitrogens with zero attached hydrogens (tertiary/aromatic N) is 1. The fourth-order valence-electron chi connectivity index (χ4n) is 5.38. The SMILES string of the molecule is CC(C(=O)O)c1ncc(C23CC4CC(CC(C4)C2)C3)[nH]1. The first-order valence-corrected chi connectivity index (χ1v) is 7.84. The maximum Gasteiger partial charge on any atom is 0.313 e. The third kappa shape index (κ3) is 1.73. The molecule has 4 aliphatic rings. The first-order valence-electron chi connectivity index (χ1n) is 7.84. The van der Waals surface area contributed by atoms with E-state index in [2.05, 4.69) is 9.97 Å². The zero-order valence-corrected chi connectivity index (χ0v) is 11.9. The molecule has 4 aliphatic carbocycles. The quantitative estimate of drug-likeness (QED) is 0.890. The summed E-state index contributed by atoms with van der Waals surface area (Å²) in [7, 11) is 0. The molecule has 20 heavy (non-hydrogen) atoms. The second-order valence-corrected chi connectivity index (χ2v) is 7.44. The highest BCUT2D eigenvalue weighted by Gasteiger charge is 2.52. The van der Waals surface area contributed by atoms with Crippen molar-refractivity contribution >= 4 is 5.97 Å². The number of imidazole rings is 1. The van der Waals surface area contributed by atoms with Crippen LogP contribution in [0.25, 0.3) is 0 Å². The molecule has 0 amide bonds. The van der Waals surface area contributed by atoms with Crippen molar-refractivity contribution in [2.24, 2.45) is 17.8 Å². The van der Waals surface area contributed by atoms with Crippen LogP contribution in [0.4, 0.5) is 0 Å². The molecule has 1 aromatic rings. The van der Waals surface area contributed by atoms with E-state index >= 15 is 0 Å². The summed E-state index contributed by atoms with van der Waals surface area (Å²) in [4.78, 5) is 18.8. The van der Waals surface area contributed by atoms with E-state index < -0.39 is 11.9 Å². The molecule has 0 spiro atoms. The minimum Gasteiger partial charge on any atom is -0.481 e. The van der Waals surface area contributed by atoms with Gasteiger partial charge in [-0.2, -0.15) is 0 Å². The fraction of sp³-hybridized carbons (Fsp3) is 0.750. The minimum atomic E-state index is -0.809. The van der Waals surface area contributed by atoms with E-state index in [9.17, 15) is 4.79 Å². The van der Waals surface area contributed by atoms with Crippen LogP contribution in [0.3, 0.4) is 0 Å². The average molecular weight is 274 g/mol. The van der Waals surface area contributed by atoms with Crippen molar-refractivity contribution in [3.63, 3.8) is 0 Å². The highest BCUT2D eigenvalue weighted by molar-refractivity contribution is 5.74. The van der Waals surface area contributed by atoms with Crippen molar-refractivity contribution in [1.82, 2.24) is 9.97 Å². The van der Waals surface area contributed by atoms with Gasteiger partial charge in [-0.1, -0.05) is 0 Å². The lowest BCUT2D eigenvalue weighted by atomic mass is 9.49. The maximum atomic E-state index is 11.1. The summed E-state index contributed by atoms with van der Waals surface area (Å²) in [6.45, 7) is 1.70. The van der Waals surface area contributed by atoms with Gasteiger partial charge < -0.3 is 10.1 Å². The molecule has 1 unspecified atom stereocenters. The molecule has 4 bridgehead atoms. The molecule has 0 radical (unpaired) electrons. The third-order valence-electron chi connectivity index (χ3n) is 5.99. The number of carboxylic acids is 1. The van der Waals surface area contributed by atoms with Gasteiger partial charge in [0.25, 0.3) is 0 Å². The summed E-state index contributed by atoms with van der Waals surface area (Å²) in [5.41, 5.74) is 1.48. The summed E-state index contributed by atoms with van der Waals surface area (Å²) < 4.78 is 0. The van der Waals surface area contributed by atoms with Gasteiger partial charge in [0.15, 0.2) is 0 Å². The first kappa shape index (κ1) is 12.4. The van der Waals surface area contributed by atoms with Gasteiger partial charge in [-0.15, -0.1) is 0 Å². The molecule has 1 atom stereocenters. The van der Waals surface area contributed by atoms with Crippen molar-refractivity contribution in [3.8, 4) is 0 Å². The Hall–Kier alpha value is -1.32. The predicted octanol–water partition coefficient (Wildman–Crippen LogP) is 3.07. The Balaban J connectivity index is 1.66. The zero-order chi connectivity index (χ0) is 13.9. The van der Waals surface area contributed by atoms with Crippen molar-refractivity contribution < 1.29 is 9.90 Å². The largest absolute Gasteiger partial charge is 0.481 e. The molecule has 0 aromatic carbocycles. The summed E-state index contributed by atoms with van der Waals surface area (Å²) >= 11 is 0. The third-order valence-corrected chi connectivity index (χ3v) is 5.99. The first-order chi connectivity index (χ1) is 9.56. The van der Waals surface area contributed by atoms with Gasteiger partial charge in [-0.25, -0.2) is 4.98 Å². The van der Waals surface area contributed by atoms with Gasteiger partial charge in [0.1, 0.15) is 11.7 Å². The molecule has 4 heteroatoms. The van der Waals surface area contributed by atoms with Gasteiger partial charge in [-0.05, 0) is 63.2 Å². The highest BCUT2D eigenvalue weighted by atomic mass is 16.4. The Morgan fingerprint density at radius 2 is 1.85 bits per heavy atom. The maximum absolute atomic E-state index is 11.1. The van der Waals surface area contributed by atoms with Crippen LogP contribution >= 0.6 is 0 Å². The predicted molar refractivity (Wildman–Crippen MR) is 74.5 cm³/mol. The Kier molecular flexibility index (Phi) is 2.54. The number of rotatable bonds is 3. The number of aliphatic carboxylic acids is 1. The number of hydrogen-bond acceptors (Lipinski definition) is 2. The fourth-order valence-corrected chi connectivity index (χ4v) is 5.38. The molecule has 108 valence electrons. The van der Waals surface area contributed by atoms with Gasteiger partial charge in [0.05, 0.1) is 0 Å². The van der Waals surface area contributed by atoms with Crippen LogP contribution in [0.1, 0.15) is 62.9 Å². The number of hydrogen-bond donors (Lipinski definition) is 2. The van der Waals surface area contributed by atoms with Crippen LogP contribution in [-0.4, -0.2) is 21.0 Å². The number of carboxylic acid groups (broad SMARTS) is 1. The molecule has 4 saturated carbocycles. The number of aromatic amines is 1. The Bertz CT molecular complexity index is 513. The lowest BCUT2D eigenvalue weighted by Crippen LogP contribution is -2.48. The van der Waals surface area contributed by atoms with Crippen molar-refractivity contribution in [2.45, 2.75) is 56.8 Å². The van der Waals surface area contributed by atoms with E-state index in [1.54, 1.807) is 6.92 Å². The zero-order valence-electron chi connectivity index (χ0n) is 11.9. The van der Waals surface area contributed by atoms with E-state index in [4.69, 9.17) is 5.11 Å². The Morgan fingerprint density at radius 3 is 2.35 bits per heavy atom. The highest BCUT2D eigenvalue weighted by Crippen LogP contribution is 2.60. The molecule has 5 rings (SSSR count). The van der Waals surface area contributed by atoms with E-state index in [1.165, 1.54) is 44.2 Å². The molecule has 1 heterocycles. The number of carbonyl (C=O) groups is 1. The van der Waals surface area contributed by atoms with Crippen molar-refractivity contribution in [1.29, 1.82) is 0 Å². The van der Waals surface area contributed by atoms with Crippen molar-refractivity contribution in [2.75, 3.05) is 0 Å². The monoisotopic (exact) mass is 274 g/mol. The van der Waals surface area contributed by atoms with E-state index in [1.807, 2.05) is 6.20 Å². The van der Waals surface area contributed by atoms with Crippen LogP contribution in [0.15, 0.2) is 6.20 Å². The van der Waals surface area contributed by atoms with Gasteiger partial charge in [-0.3, -0.25) is 4.79 Å². The molecule has 4 fully saturated rings. The van der Waals surface area contributed by atoms with E-state index in [0.29, 0.717) is 5.82 Å². The molecule has 2 N–H and O–H groups in total. The normalized spacial score (nSPS) is 40.0. The molecule has 1 aromatic heterocycles. The van der Waals surface area contributed by atoms with Crippen LogP contribution in [0.5, 0.6) is 0 Å². The van der Waals surface area contributed by atoms with Crippen LogP contribution < -0.4 is 0 Å². The Labute approximate surface area is 119 Å². The topological polar surface area (TPSA) is 66.0 Å². The smallest absolute Gasteiger partial charge is 0.313 e. The average Bonchev–Trinajstić information content (AvgIpc) is 2.86. The molecule has 0 aliphatic heterocycles. The number of H-pyrrole nitrogens is 1. The lowest BCUT2D eigenvalue weighted by molar-refractivity contribution is -0.138. The van der Waals surface area contributed by atoms with Crippen LogP contribution in [0.2, 0.25) is 0 Å². The second kappa shape index (κ2) is 4.09. The standard InChI is InChI=1S/C16H22N2O2/c1-9(15(19)20)14-17-8-13(18-14)16-5-10-2-11(6-16)4-12(3-10)7-16/h8-12H,2-7H2,1H3,(H,17,18)(H,19,20). The molecular formula is C16H22N2O2. The lowest BCUT2D eigenvalue weighted by Gasteiger charge is -2.56. The summed E-state index contributed by atoms with van der Waals surface area (Å²) in [6, 6.07) is 0. The molecular weight excluding hydrogens is 252 g/mol. The van der Waals surface area contributed by atoms with Gasteiger partial charge in [0.2, 0.25) is 0 Å². The minimum absolute atomic E-state index is 0.276. The van der Waals surface area contributed by atoms with E-state index in [-0.39, 0.29) is 5.41 Å². The Morgan fingerprint density at radius 1 is 1.30 bits per heavy atom. The summed E-state index contributed by atoms with van der Waals surface area (Å²) in [5, 5.41) is 9.12. The van der Waals surface area contributed by atoms with Gasteiger partial charge in [0, 0.05) is 17.3 Å². The van der Waals surface area contributed by atoms with Gasteiger partial charge >= 0.3 is 5.97 Å².